The van der Waals surface area contributed by atoms with E-state index in [1.807, 2.05) is 0 Å². The number of aliphatic imine (C=N–C) groups is 1. The van der Waals surface area contributed by atoms with Crippen molar-refractivity contribution in [2.24, 2.45) is 4.99 Å². The number of aliphatic carboxylic acids is 1. The Bertz CT molecular complexity index is 1010. The molecular formula is C24H34N6O7W. The van der Waals surface area contributed by atoms with Gasteiger partial charge in [-0.05, 0) is 39.3 Å². The number of alkyl carbamates (subject to hydrolysis) is 1. The molecule has 0 radical (unpaired) electrons. The Labute approximate surface area is 236 Å². The Kier molecular flexibility index (Phi) is 13.9. The first-order valence-corrected chi connectivity index (χ1v) is 11.8. The number of rotatable bonds is 12. The number of aryl methyl sites for hydroxylation is 1. The van der Waals surface area contributed by atoms with Crippen molar-refractivity contribution in [3.05, 3.63) is 35.1 Å². The van der Waals surface area contributed by atoms with Crippen LogP contribution in [0, 0.1) is 6.20 Å². The molecule has 1 aromatic rings. The van der Waals surface area contributed by atoms with Gasteiger partial charge in [0, 0.05) is 26.7 Å². The zero-order chi connectivity index (χ0) is 27.4. The molecule has 208 valence electrons. The minimum absolute atomic E-state index is 0. The van der Waals surface area contributed by atoms with Crippen molar-refractivity contribution in [1.29, 1.82) is 0 Å². The molecule has 1 unspecified atom stereocenters. The van der Waals surface area contributed by atoms with Gasteiger partial charge < -0.3 is 46.0 Å². The molecule has 2 amide bonds. The molecule has 0 aliphatic carbocycles. The molecule has 3 N–H and O–H groups in total. The normalized spacial score (nSPS) is 15.7. The second-order valence-corrected chi connectivity index (χ2v) is 9.14. The summed E-state index contributed by atoms with van der Waals surface area (Å²) in [6, 6.07) is 1.63. The fraction of sp³-hybridized carbons (Fsp3) is 0.583. The molecule has 1 fully saturated rings. The van der Waals surface area contributed by atoms with Crippen molar-refractivity contribution in [2.45, 2.75) is 51.7 Å². The number of hydrogen-bond acceptors (Lipinski definition) is 10. The van der Waals surface area contributed by atoms with Crippen LogP contribution in [-0.4, -0.2) is 96.5 Å². The molecule has 1 atom stereocenters. The van der Waals surface area contributed by atoms with E-state index >= 15 is 0 Å². The van der Waals surface area contributed by atoms with Gasteiger partial charge in [-0.1, -0.05) is 24.6 Å². The number of carboxylic acids is 1. The monoisotopic (exact) mass is 702 g/mol. The van der Waals surface area contributed by atoms with Gasteiger partial charge >= 0.3 is 33.1 Å². The van der Waals surface area contributed by atoms with Crippen molar-refractivity contribution in [3.63, 3.8) is 0 Å². The molecule has 0 aromatic carbocycles. The zero-order valence-corrected chi connectivity index (χ0v) is 25.1. The first-order valence-electron chi connectivity index (χ1n) is 11.8. The smallest absolute Gasteiger partial charge is 0.570 e. The van der Waals surface area contributed by atoms with E-state index < -0.39 is 17.7 Å². The van der Waals surface area contributed by atoms with Crippen molar-refractivity contribution < 1.29 is 54.8 Å². The van der Waals surface area contributed by atoms with Crippen LogP contribution in [0.15, 0.2) is 16.9 Å². The molecule has 1 aliphatic heterocycles. The summed E-state index contributed by atoms with van der Waals surface area (Å²) < 4.78 is 15.6. The van der Waals surface area contributed by atoms with Crippen LogP contribution in [0.25, 0.3) is 0 Å². The van der Waals surface area contributed by atoms with E-state index in [1.165, 1.54) is 7.11 Å². The second-order valence-electron chi connectivity index (χ2n) is 9.14. The fourth-order valence-electron chi connectivity index (χ4n) is 3.29. The fourth-order valence-corrected chi connectivity index (χ4v) is 3.29. The third-order valence-corrected chi connectivity index (χ3v) is 5.04. The number of aromatic nitrogens is 2. The number of nitrogens with one attached hydrogen (secondary N) is 2. The molecule has 2 heterocycles. The van der Waals surface area contributed by atoms with Crippen molar-refractivity contribution in [2.75, 3.05) is 40.4 Å². The van der Waals surface area contributed by atoms with Gasteiger partial charge in [-0.15, -0.1) is 10.7 Å². The Morgan fingerprint density at radius 3 is 2.61 bits per heavy atom. The molecule has 1 saturated heterocycles. The number of likely N-dealkylation sites (tertiary alicyclic amines) is 1. The van der Waals surface area contributed by atoms with Crippen LogP contribution in [0.1, 0.15) is 55.4 Å². The van der Waals surface area contributed by atoms with E-state index in [9.17, 15) is 14.4 Å². The summed E-state index contributed by atoms with van der Waals surface area (Å²) in [6.45, 7) is 6.34. The summed E-state index contributed by atoms with van der Waals surface area (Å²) in [4.78, 5) is 41.2. The molecule has 2 rings (SSSR count). The van der Waals surface area contributed by atoms with Gasteiger partial charge in [0.25, 0.3) is 5.91 Å². The van der Waals surface area contributed by atoms with Gasteiger partial charge in [0.1, 0.15) is 11.3 Å². The van der Waals surface area contributed by atoms with E-state index in [0.717, 1.165) is 6.42 Å². The van der Waals surface area contributed by atoms with E-state index in [2.05, 4.69) is 38.2 Å². The average molecular weight is 702 g/mol. The first-order chi connectivity index (χ1) is 17.5. The first kappa shape index (κ1) is 33.0. The Hall–Kier alpha value is -3.05. The van der Waals surface area contributed by atoms with Gasteiger partial charge in [0.2, 0.25) is 0 Å². The molecule has 0 spiro atoms. The van der Waals surface area contributed by atoms with Crippen molar-refractivity contribution in [3.8, 4) is 0 Å². The number of methoxy groups -OCH3 is 2. The summed E-state index contributed by atoms with van der Waals surface area (Å²) in [5.74, 6) is -1.38. The SMILES string of the molecule is COC(=[C-]NCC(=O)O)N=[C-]c1nnc(C(=O)N2CCC(OC)C2)cc1CCCNC(=O)OC(C)(C)C.[W+2]. The van der Waals surface area contributed by atoms with Crippen LogP contribution < -0.4 is 10.6 Å². The quantitative estimate of drug-likeness (QED) is 0.0942. The number of carbonyl (C=O) groups excluding carboxylic acids is 2. The Morgan fingerprint density at radius 1 is 1.26 bits per heavy atom. The summed E-state index contributed by atoms with van der Waals surface area (Å²) in [5, 5.41) is 22.0. The van der Waals surface area contributed by atoms with Gasteiger partial charge in [-0.2, -0.15) is 5.10 Å². The third kappa shape index (κ3) is 11.6. The molecule has 14 heteroatoms. The minimum Gasteiger partial charge on any atom is -0.570 e. The molecule has 38 heavy (non-hydrogen) atoms. The van der Waals surface area contributed by atoms with E-state index in [4.69, 9.17) is 19.3 Å². The second kappa shape index (κ2) is 16.0. The number of amides is 2. The van der Waals surface area contributed by atoms with Crippen LogP contribution in [0.4, 0.5) is 4.79 Å². The largest absolute Gasteiger partial charge is 2.00 e. The molecule has 0 bridgehead atoms. The molecule has 13 nitrogen and oxygen atoms in total. The molecule has 1 aromatic heterocycles. The zero-order valence-electron chi connectivity index (χ0n) is 22.2. The summed E-state index contributed by atoms with van der Waals surface area (Å²) in [7, 11) is 2.96. The topological polar surface area (TPSA) is 165 Å². The van der Waals surface area contributed by atoms with Crippen LogP contribution in [-0.2, 0) is 46.5 Å². The predicted molar refractivity (Wildman–Crippen MR) is 132 cm³/mol. The Morgan fingerprint density at radius 2 is 2.00 bits per heavy atom. The molecular weight excluding hydrogens is 668 g/mol. The summed E-state index contributed by atoms with van der Waals surface area (Å²) >= 11 is 0. The maximum Gasteiger partial charge on any atom is 2.00 e. The van der Waals surface area contributed by atoms with Crippen LogP contribution in [0.2, 0.25) is 0 Å². The number of hydrogen-bond donors (Lipinski definition) is 3. The maximum atomic E-state index is 13.0. The predicted octanol–water partition coefficient (Wildman–Crippen LogP) is 1.01. The molecule has 1 aliphatic rings. The van der Waals surface area contributed by atoms with Crippen LogP contribution in [0.3, 0.4) is 0 Å². The number of carboxylic acid groups (broad SMARTS) is 1. The summed E-state index contributed by atoms with van der Waals surface area (Å²) in [5.41, 5.74) is 0.464. The van der Waals surface area contributed by atoms with Crippen LogP contribution >= 0.6 is 0 Å². The van der Waals surface area contributed by atoms with E-state index in [-0.39, 0.29) is 56.9 Å². The molecule has 0 saturated carbocycles. The van der Waals surface area contributed by atoms with Gasteiger partial charge in [-0.25, -0.2) is 4.79 Å². The van der Waals surface area contributed by atoms with Crippen molar-refractivity contribution >= 4 is 24.2 Å². The standard InChI is InChI=1S/C24H34N6O7.W/c1-24(2,3)37-23(34)26-9-6-7-16-11-18(22(33)30-10-8-17(15-30)35-4)28-29-19(16)12-27-20(36-5)13-25-14-21(31)32;/h11,17,25H,6-10,14-15H2,1-5H3,(H,26,34)(H,31,32);/q-2;+2. The van der Waals surface area contributed by atoms with Gasteiger partial charge in [0.05, 0.1) is 19.8 Å². The Balaban J connectivity index is 0.00000722. The van der Waals surface area contributed by atoms with Crippen LogP contribution in [0.5, 0.6) is 0 Å². The maximum absolute atomic E-state index is 13.0. The van der Waals surface area contributed by atoms with Gasteiger partial charge in [0.15, 0.2) is 0 Å². The number of carbonyl (C=O) groups is 3. The summed E-state index contributed by atoms with van der Waals surface area (Å²) in [6.07, 6.45) is 6.37. The third-order valence-electron chi connectivity index (χ3n) is 5.04. The van der Waals surface area contributed by atoms with E-state index in [1.54, 1.807) is 38.8 Å². The number of ether oxygens (including phenoxy) is 3. The number of nitrogens with zero attached hydrogens (tertiary/aromatic N) is 4. The average Bonchev–Trinajstić information content (AvgIpc) is 3.32. The van der Waals surface area contributed by atoms with Crippen molar-refractivity contribution in [1.82, 2.24) is 25.7 Å². The van der Waals surface area contributed by atoms with Gasteiger partial charge in [-0.3, -0.25) is 9.59 Å². The minimum atomic E-state index is -1.07. The van der Waals surface area contributed by atoms with E-state index in [0.29, 0.717) is 38.0 Å².